The Hall–Kier alpha value is -4.12. The average molecular weight is 727 g/mol. The van der Waals surface area contributed by atoms with Crippen molar-refractivity contribution in [2.24, 2.45) is 0 Å². The molecule has 8 nitrogen and oxygen atoms in total. The van der Waals surface area contributed by atoms with Crippen LogP contribution in [0.25, 0.3) is 0 Å². The molecular formula is C37H38Cl2FN3O5S. The molecule has 1 fully saturated rings. The number of carbonyl (C=O) groups is 2. The third-order valence-electron chi connectivity index (χ3n) is 8.44. The van der Waals surface area contributed by atoms with E-state index in [1.54, 1.807) is 30.3 Å². The standard InChI is InChI=1S/C37H38Cl2FN3O5S/c1-2-48-32-18-16-31(17-19-32)43(49(46,47)33-20-14-29(40)15-21-33)25-36(44)42(24-27-12-13-28(38)23-34(27)39)35(22-26-8-4-3-5-9-26)37(45)41-30-10-6-7-11-30/h3-5,8-9,12-21,23,30,35H,2,6-7,10-11,22,24-25H2,1H3,(H,41,45)/t35-/m1/s1. The second-order valence-electron chi connectivity index (χ2n) is 11.8. The van der Waals surface area contributed by atoms with Crippen LogP contribution in [0.2, 0.25) is 10.0 Å². The van der Waals surface area contributed by atoms with Crippen molar-refractivity contribution in [2.75, 3.05) is 17.5 Å². The van der Waals surface area contributed by atoms with Gasteiger partial charge in [-0.15, -0.1) is 0 Å². The van der Waals surface area contributed by atoms with E-state index in [0.29, 0.717) is 28.0 Å². The van der Waals surface area contributed by atoms with Crippen LogP contribution >= 0.6 is 23.2 Å². The molecule has 1 aliphatic rings. The monoisotopic (exact) mass is 725 g/mol. The molecule has 258 valence electrons. The van der Waals surface area contributed by atoms with Crippen LogP contribution in [-0.2, 0) is 32.6 Å². The van der Waals surface area contributed by atoms with Crippen LogP contribution in [0.3, 0.4) is 0 Å². The molecule has 49 heavy (non-hydrogen) atoms. The van der Waals surface area contributed by atoms with Crippen molar-refractivity contribution in [3.8, 4) is 5.75 Å². The zero-order valence-electron chi connectivity index (χ0n) is 27.0. The van der Waals surface area contributed by atoms with Gasteiger partial charge in [0.15, 0.2) is 0 Å². The number of hydrogen-bond acceptors (Lipinski definition) is 5. The van der Waals surface area contributed by atoms with E-state index in [-0.39, 0.29) is 35.5 Å². The maximum atomic E-state index is 14.7. The highest BCUT2D eigenvalue weighted by atomic mass is 35.5. The Morgan fingerprint density at radius 3 is 2.24 bits per heavy atom. The van der Waals surface area contributed by atoms with Gasteiger partial charge in [-0.3, -0.25) is 13.9 Å². The van der Waals surface area contributed by atoms with Crippen LogP contribution in [0.1, 0.15) is 43.7 Å². The fraction of sp³-hybridized carbons (Fsp3) is 0.297. The molecule has 5 rings (SSSR count). The Balaban J connectivity index is 1.58. The number of sulfonamides is 1. The second kappa shape index (κ2) is 16.5. The number of anilines is 1. The number of halogens is 3. The highest BCUT2D eigenvalue weighted by molar-refractivity contribution is 7.92. The highest BCUT2D eigenvalue weighted by Gasteiger charge is 2.36. The summed E-state index contributed by atoms with van der Waals surface area (Å²) in [5, 5.41) is 3.84. The summed E-state index contributed by atoms with van der Waals surface area (Å²) in [5.41, 5.74) is 1.53. The van der Waals surface area contributed by atoms with Gasteiger partial charge in [0.2, 0.25) is 11.8 Å². The van der Waals surface area contributed by atoms with Crippen molar-refractivity contribution in [1.29, 1.82) is 0 Å². The largest absolute Gasteiger partial charge is 0.494 e. The molecule has 12 heteroatoms. The molecule has 0 saturated heterocycles. The lowest BCUT2D eigenvalue weighted by Crippen LogP contribution is -2.54. The summed E-state index contributed by atoms with van der Waals surface area (Å²) in [7, 11) is -4.40. The van der Waals surface area contributed by atoms with Gasteiger partial charge in [-0.25, -0.2) is 12.8 Å². The molecule has 0 aliphatic heterocycles. The van der Waals surface area contributed by atoms with Gasteiger partial charge in [-0.1, -0.05) is 72.4 Å². The molecule has 4 aromatic carbocycles. The molecule has 0 spiro atoms. The van der Waals surface area contributed by atoms with E-state index < -0.39 is 34.3 Å². The molecule has 1 saturated carbocycles. The van der Waals surface area contributed by atoms with E-state index >= 15 is 0 Å². The molecule has 1 aliphatic carbocycles. The number of nitrogens with zero attached hydrogens (tertiary/aromatic N) is 2. The molecule has 0 aromatic heterocycles. The molecule has 0 unspecified atom stereocenters. The number of nitrogens with one attached hydrogen (secondary N) is 1. The maximum absolute atomic E-state index is 14.7. The van der Waals surface area contributed by atoms with E-state index in [1.807, 2.05) is 37.3 Å². The first-order valence-corrected chi connectivity index (χ1v) is 18.3. The van der Waals surface area contributed by atoms with Gasteiger partial charge in [0.1, 0.15) is 24.2 Å². The van der Waals surface area contributed by atoms with Crippen molar-refractivity contribution >= 4 is 50.7 Å². The van der Waals surface area contributed by atoms with Crippen LogP contribution < -0.4 is 14.4 Å². The van der Waals surface area contributed by atoms with Gasteiger partial charge in [-0.2, -0.15) is 0 Å². The highest BCUT2D eigenvalue weighted by Crippen LogP contribution is 2.29. The fourth-order valence-electron chi connectivity index (χ4n) is 5.89. The van der Waals surface area contributed by atoms with Gasteiger partial charge in [-0.05, 0) is 91.6 Å². The van der Waals surface area contributed by atoms with Crippen molar-refractivity contribution < 1.29 is 27.1 Å². The number of rotatable bonds is 14. The second-order valence-corrected chi connectivity index (χ2v) is 14.6. The summed E-state index contributed by atoms with van der Waals surface area (Å²) in [5.74, 6) is -1.08. The van der Waals surface area contributed by atoms with E-state index in [0.717, 1.165) is 59.8 Å². The molecule has 0 heterocycles. The van der Waals surface area contributed by atoms with Gasteiger partial charge in [0.05, 0.1) is 17.2 Å². The number of benzene rings is 4. The zero-order chi connectivity index (χ0) is 35.0. The van der Waals surface area contributed by atoms with Crippen LogP contribution in [0.15, 0.2) is 102 Å². The third kappa shape index (κ3) is 9.32. The van der Waals surface area contributed by atoms with Gasteiger partial charge >= 0.3 is 0 Å². The zero-order valence-corrected chi connectivity index (χ0v) is 29.4. The SMILES string of the molecule is CCOc1ccc(N(CC(=O)N(Cc2ccc(Cl)cc2Cl)[C@H](Cc2ccccc2)C(=O)NC2CCCC2)S(=O)(=O)c2ccc(F)cc2)cc1. The van der Waals surface area contributed by atoms with Crippen molar-refractivity contribution in [3.63, 3.8) is 0 Å². The number of hydrogen-bond donors (Lipinski definition) is 1. The van der Waals surface area contributed by atoms with E-state index in [1.165, 1.54) is 17.0 Å². The van der Waals surface area contributed by atoms with E-state index in [2.05, 4.69) is 5.32 Å². The lowest BCUT2D eigenvalue weighted by atomic mass is 10.0. The van der Waals surface area contributed by atoms with Crippen molar-refractivity contribution in [2.45, 2.75) is 62.6 Å². The first kappa shape index (κ1) is 36.2. The molecule has 1 atom stereocenters. The van der Waals surface area contributed by atoms with Gasteiger partial charge in [0, 0.05) is 29.1 Å². The Bertz CT molecular complexity index is 1840. The predicted molar refractivity (Wildman–Crippen MR) is 190 cm³/mol. The lowest BCUT2D eigenvalue weighted by Gasteiger charge is -2.34. The predicted octanol–water partition coefficient (Wildman–Crippen LogP) is 7.43. The average Bonchev–Trinajstić information content (AvgIpc) is 3.60. The summed E-state index contributed by atoms with van der Waals surface area (Å²) in [6.45, 7) is 1.47. The summed E-state index contributed by atoms with van der Waals surface area (Å²) in [6.07, 6.45) is 3.83. The first-order chi connectivity index (χ1) is 23.5. The first-order valence-electron chi connectivity index (χ1n) is 16.1. The summed E-state index contributed by atoms with van der Waals surface area (Å²) < 4.78 is 48.7. The molecule has 0 radical (unpaired) electrons. The minimum absolute atomic E-state index is 0.0268. The van der Waals surface area contributed by atoms with E-state index in [9.17, 15) is 22.4 Å². The summed E-state index contributed by atoms with van der Waals surface area (Å²) in [4.78, 5) is 30.0. The smallest absolute Gasteiger partial charge is 0.264 e. The molecule has 1 N–H and O–H groups in total. The summed E-state index contributed by atoms with van der Waals surface area (Å²) in [6, 6.07) is 23.8. The molecule has 2 amide bonds. The Labute approximate surface area is 296 Å². The quantitative estimate of drug-likeness (QED) is 0.146. The minimum atomic E-state index is -4.40. The summed E-state index contributed by atoms with van der Waals surface area (Å²) >= 11 is 12.8. The number of amides is 2. The van der Waals surface area contributed by atoms with Crippen LogP contribution in [-0.4, -0.2) is 50.4 Å². The fourth-order valence-corrected chi connectivity index (χ4v) is 7.78. The van der Waals surface area contributed by atoms with Crippen molar-refractivity contribution in [1.82, 2.24) is 10.2 Å². The minimum Gasteiger partial charge on any atom is -0.494 e. The van der Waals surface area contributed by atoms with Gasteiger partial charge < -0.3 is 15.0 Å². The van der Waals surface area contributed by atoms with Crippen LogP contribution in [0.5, 0.6) is 5.75 Å². The Morgan fingerprint density at radius 2 is 1.61 bits per heavy atom. The normalized spacial score (nSPS) is 13.9. The number of ether oxygens (including phenoxy) is 1. The van der Waals surface area contributed by atoms with E-state index in [4.69, 9.17) is 27.9 Å². The maximum Gasteiger partial charge on any atom is 0.264 e. The van der Waals surface area contributed by atoms with Crippen molar-refractivity contribution in [3.05, 3.63) is 124 Å². The lowest BCUT2D eigenvalue weighted by molar-refractivity contribution is -0.140. The van der Waals surface area contributed by atoms with Gasteiger partial charge in [0.25, 0.3) is 10.0 Å². The topological polar surface area (TPSA) is 96.0 Å². The number of carbonyl (C=O) groups excluding carboxylic acids is 2. The molecule has 4 aromatic rings. The van der Waals surface area contributed by atoms with Crippen LogP contribution in [0, 0.1) is 5.82 Å². The molecular weight excluding hydrogens is 688 g/mol. The Kier molecular flexibility index (Phi) is 12.2. The molecule has 0 bridgehead atoms. The third-order valence-corrected chi connectivity index (χ3v) is 10.8. The van der Waals surface area contributed by atoms with Crippen LogP contribution in [0.4, 0.5) is 10.1 Å². The Morgan fingerprint density at radius 1 is 0.939 bits per heavy atom.